The van der Waals surface area contributed by atoms with E-state index in [-0.39, 0.29) is 0 Å². The fourth-order valence-electron chi connectivity index (χ4n) is 1.89. The largest absolute Gasteiger partial charge is 0.480 e. The third-order valence-electron chi connectivity index (χ3n) is 2.92. The van der Waals surface area contributed by atoms with Crippen LogP contribution in [0, 0.1) is 6.92 Å². The van der Waals surface area contributed by atoms with Crippen LogP contribution in [0.1, 0.15) is 16.1 Å². The molecule has 0 atom stereocenters. The van der Waals surface area contributed by atoms with E-state index in [2.05, 4.69) is 4.98 Å². The number of aryl methyl sites for hydroxylation is 1. The number of carbonyl (C=O) groups is 2. The molecule has 0 spiro atoms. The minimum atomic E-state index is -1.12. The highest BCUT2D eigenvalue weighted by molar-refractivity contribution is 6.09. The summed E-state index contributed by atoms with van der Waals surface area (Å²) in [5, 5.41) is 9.03. The number of carboxylic acid groups (broad SMARTS) is 1. The summed E-state index contributed by atoms with van der Waals surface area (Å²) in [4.78, 5) is 28.7. The van der Waals surface area contributed by atoms with E-state index < -0.39 is 18.4 Å². The second-order valence-electron chi connectivity index (χ2n) is 4.53. The Bertz CT molecular complexity index is 668. The molecule has 21 heavy (non-hydrogen) atoms. The number of nitrogen functional groups attached to an aromatic ring is 1. The maximum absolute atomic E-state index is 12.5. The number of benzene rings is 1. The highest BCUT2D eigenvalue weighted by Gasteiger charge is 2.22. The van der Waals surface area contributed by atoms with Gasteiger partial charge >= 0.3 is 5.97 Å². The molecule has 0 fully saturated rings. The third kappa shape index (κ3) is 3.36. The van der Waals surface area contributed by atoms with Crippen molar-refractivity contribution in [2.24, 2.45) is 0 Å². The summed E-state index contributed by atoms with van der Waals surface area (Å²) < 4.78 is 0. The Hall–Kier alpha value is -2.89. The normalized spacial score (nSPS) is 10.1. The number of rotatable bonds is 4. The number of para-hydroxylation sites is 2. The fraction of sp³-hybridized carbons (Fsp3) is 0.133. The van der Waals surface area contributed by atoms with Crippen LogP contribution >= 0.6 is 0 Å². The van der Waals surface area contributed by atoms with Crippen LogP contribution in [0.2, 0.25) is 0 Å². The van der Waals surface area contributed by atoms with Crippen LogP contribution < -0.4 is 10.6 Å². The van der Waals surface area contributed by atoms with E-state index in [1.54, 1.807) is 43.3 Å². The number of carbonyl (C=O) groups excluding carboxylic acids is 1. The van der Waals surface area contributed by atoms with Gasteiger partial charge in [-0.1, -0.05) is 12.1 Å². The molecule has 2 aromatic rings. The van der Waals surface area contributed by atoms with Gasteiger partial charge in [0.15, 0.2) is 0 Å². The van der Waals surface area contributed by atoms with E-state index in [1.165, 1.54) is 6.20 Å². The third-order valence-corrected chi connectivity index (χ3v) is 2.92. The first-order valence-corrected chi connectivity index (χ1v) is 6.30. The molecule has 2 rings (SSSR count). The summed E-state index contributed by atoms with van der Waals surface area (Å²) in [6.45, 7) is 1.33. The number of aliphatic carboxylic acids is 1. The Morgan fingerprint density at radius 2 is 1.95 bits per heavy atom. The minimum Gasteiger partial charge on any atom is -0.480 e. The lowest BCUT2D eigenvalue weighted by atomic mass is 10.2. The minimum absolute atomic E-state index is 0.310. The SMILES string of the molecule is Cc1ccc(C(=O)N(CC(=O)O)c2ccccc2N)cn1. The molecule has 1 heterocycles. The van der Waals surface area contributed by atoms with Crippen LogP contribution in [0.4, 0.5) is 11.4 Å². The maximum Gasteiger partial charge on any atom is 0.323 e. The lowest BCUT2D eigenvalue weighted by molar-refractivity contribution is -0.135. The topological polar surface area (TPSA) is 96.5 Å². The van der Waals surface area contributed by atoms with Crippen LogP contribution in [0.25, 0.3) is 0 Å². The van der Waals surface area contributed by atoms with Gasteiger partial charge in [-0.15, -0.1) is 0 Å². The summed E-state index contributed by atoms with van der Waals surface area (Å²) in [5.41, 5.74) is 7.62. The monoisotopic (exact) mass is 285 g/mol. The maximum atomic E-state index is 12.5. The average molecular weight is 285 g/mol. The zero-order chi connectivity index (χ0) is 15.4. The molecule has 0 bridgehead atoms. The summed E-state index contributed by atoms with van der Waals surface area (Å²) >= 11 is 0. The smallest absolute Gasteiger partial charge is 0.323 e. The summed E-state index contributed by atoms with van der Waals surface area (Å²) in [6.07, 6.45) is 1.42. The van der Waals surface area contributed by atoms with E-state index >= 15 is 0 Å². The highest BCUT2D eigenvalue weighted by Crippen LogP contribution is 2.24. The molecule has 0 radical (unpaired) electrons. The van der Waals surface area contributed by atoms with E-state index in [0.717, 1.165) is 10.6 Å². The van der Waals surface area contributed by atoms with Crippen LogP contribution in [0.15, 0.2) is 42.6 Å². The Morgan fingerprint density at radius 1 is 1.24 bits per heavy atom. The van der Waals surface area contributed by atoms with Gasteiger partial charge in [0.2, 0.25) is 0 Å². The number of aromatic nitrogens is 1. The first-order valence-electron chi connectivity index (χ1n) is 6.30. The zero-order valence-electron chi connectivity index (χ0n) is 11.5. The van der Waals surface area contributed by atoms with Gasteiger partial charge in [-0.3, -0.25) is 19.5 Å². The van der Waals surface area contributed by atoms with Crippen molar-refractivity contribution < 1.29 is 14.7 Å². The standard InChI is InChI=1S/C15H15N3O3/c1-10-6-7-11(8-17-10)15(21)18(9-14(19)20)13-5-3-2-4-12(13)16/h2-8H,9,16H2,1H3,(H,19,20). The molecule has 0 aliphatic heterocycles. The molecule has 6 heteroatoms. The zero-order valence-corrected chi connectivity index (χ0v) is 11.5. The second kappa shape index (κ2) is 6.04. The predicted octanol–water partition coefficient (Wildman–Crippen LogP) is 1.70. The molecule has 0 unspecified atom stereocenters. The number of amides is 1. The first kappa shape index (κ1) is 14.5. The van der Waals surface area contributed by atoms with E-state index in [1.807, 2.05) is 0 Å². The Kier molecular flexibility index (Phi) is 4.18. The quantitative estimate of drug-likeness (QED) is 0.833. The van der Waals surface area contributed by atoms with Crippen LogP contribution in [0.5, 0.6) is 0 Å². The molecule has 6 nitrogen and oxygen atoms in total. The van der Waals surface area contributed by atoms with Crippen molar-refractivity contribution >= 4 is 23.3 Å². The van der Waals surface area contributed by atoms with Gasteiger partial charge < -0.3 is 10.8 Å². The molecule has 1 aromatic carbocycles. The first-order chi connectivity index (χ1) is 9.99. The number of hydrogen-bond acceptors (Lipinski definition) is 4. The van der Waals surface area contributed by atoms with E-state index in [0.29, 0.717) is 16.9 Å². The lowest BCUT2D eigenvalue weighted by Gasteiger charge is -2.22. The predicted molar refractivity (Wildman–Crippen MR) is 79.1 cm³/mol. The number of nitrogens with two attached hydrogens (primary N) is 1. The van der Waals surface area contributed by atoms with Gasteiger partial charge in [0.05, 0.1) is 16.9 Å². The van der Waals surface area contributed by atoms with Crippen molar-refractivity contribution in [1.29, 1.82) is 0 Å². The molecule has 0 aliphatic carbocycles. The number of nitrogens with zero attached hydrogens (tertiary/aromatic N) is 2. The Morgan fingerprint density at radius 3 is 2.52 bits per heavy atom. The molecule has 1 aromatic heterocycles. The molecule has 1 amide bonds. The van der Waals surface area contributed by atoms with Crippen LogP contribution in [0.3, 0.4) is 0 Å². The van der Waals surface area contributed by atoms with Gasteiger partial charge in [0.1, 0.15) is 6.54 Å². The number of anilines is 2. The van der Waals surface area contributed by atoms with Gasteiger partial charge in [-0.2, -0.15) is 0 Å². The van der Waals surface area contributed by atoms with Crippen LogP contribution in [-0.4, -0.2) is 28.5 Å². The van der Waals surface area contributed by atoms with Gasteiger partial charge in [-0.25, -0.2) is 0 Å². The van der Waals surface area contributed by atoms with Gasteiger partial charge in [0.25, 0.3) is 5.91 Å². The van der Waals surface area contributed by atoms with Crippen molar-refractivity contribution in [3.8, 4) is 0 Å². The van der Waals surface area contributed by atoms with E-state index in [9.17, 15) is 9.59 Å². The number of carboxylic acids is 1. The second-order valence-corrected chi connectivity index (χ2v) is 4.53. The fourth-order valence-corrected chi connectivity index (χ4v) is 1.89. The van der Waals surface area contributed by atoms with Crippen molar-refractivity contribution in [3.63, 3.8) is 0 Å². The lowest BCUT2D eigenvalue weighted by Crippen LogP contribution is -2.36. The van der Waals surface area contributed by atoms with Crippen molar-refractivity contribution in [1.82, 2.24) is 4.98 Å². The van der Waals surface area contributed by atoms with Crippen molar-refractivity contribution in [2.45, 2.75) is 6.92 Å². The highest BCUT2D eigenvalue weighted by atomic mass is 16.4. The molecular formula is C15H15N3O3. The van der Waals surface area contributed by atoms with Gasteiger partial charge in [-0.05, 0) is 31.2 Å². The number of hydrogen-bond donors (Lipinski definition) is 2. The molecule has 0 saturated heterocycles. The van der Waals surface area contributed by atoms with Crippen molar-refractivity contribution in [2.75, 3.05) is 17.2 Å². The molecule has 3 N–H and O–H groups in total. The van der Waals surface area contributed by atoms with Crippen LogP contribution in [-0.2, 0) is 4.79 Å². The molecule has 0 saturated carbocycles. The number of pyridine rings is 1. The molecule has 108 valence electrons. The van der Waals surface area contributed by atoms with Crippen molar-refractivity contribution in [3.05, 3.63) is 53.9 Å². The summed E-state index contributed by atoms with van der Waals surface area (Å²) in [7, 11) is 0. The summed E-state index contributed by atoms with van der Waals surface area (Å²) in [6, 6.07) is 9.94. The average Bonchev–Trinajstić information content (AvgIpc) is 2.45. The Labute approximate surface area is 121 Å². The Balaban J connectivity index is 2.41. The van der Waals surface area contributed by atoms with E-state index in [4.69, 9.17) is 10.8 Å². The molecule has 0 aliphatic rings. The summed E-state index contributed by atoms with van der Waals surface area (Å²) in [5.74, 6) is -1.57. The van der Waals surface area contributed by atoms with Gasteiger partial charge in [0, 0.05) is 11.9 Å². The molecular weight excluding hydrogens is 270 g/mol.